The summed E-state index contributed by atoms with van der Waals surface area (Å²) in [6, 6.07) is 5.55. The smallest absolute Gasteiger partial charge is 0.317 e. The van der Waals surface area contributed by atoms with Crippen LogP contribution in [0.25, 0.3) is 10.9 Å². The van der Waals surface area contributed by atoms with Crippen molar-refractivity contribution in [2.75, 3.05) is 85.1 Å². The van der Waals surface area contributed by atoms with E-state index in [9.17, 15) is 77.6 Å². The molecule has 4 aromatic rings. The Hall–Kier alpha value is -9.66. The van der Waals surface area contributed by atoms with Crippen LogP contribution in [0.1, 0.15) is 81.1 Å². The maximum atomic E-state index is 14.5. The van der Waals surface area contributed by atoms with Gasteiger partial charge in [0.05, 0.1) is 50.8 Å². The second-order valence-electron chi connectivity index (χ2n) is 23.7. The van der Waals surface area contributed by atoms with Crippen molar-refractivity contribution >= 4 is 88.3 Å². The van der Waals surface area contributed by atoms with E-state index in [-0.39, 0.29) is 116 Å². The molecule has 5 rings (SSSR count). The normalized spacial score (nSPS) is 15.7. The van der Waals surface area contributed by atoms with Crippen molar-refractivity contribution < 1.29 is 77.6 Å². The zero-order valence-electron chi connectivity index (χ0n) is 53.4. The van der Waals surface area contributed by atoms with E-state index in [1.807, 2.05) is 13.8 Å². The van der Waals surface area contributed by atoms with E-state index in [0.29, 0.717) is 34.1 Å². The van der Waals surface area contributed by atoms with Crippen LogP contribution in [0.5, 0.6) is 0 Å². The molecule has 3 heterocycles. The number of nitrogens with one attached hydrogen (secondary N) is 10. The van der Waals surface area contributed by atoms with Crippen molar-refractivity contribution in [2.45, 2.75) is 110 Å². The number of carboxylic acids is 3. The second kappa shape index (κ2) is 37.8. The predicted octanol–water partition coefficient (Wildman–Crippen LogP) is -2.80. The number of nitrogens with zero attached hydrogens (tertiary/aromatic N) is 5. The van der Waals surface area contributed by atoms with Crippen LogP contribution < -0.4 is 48.3 Å². The molecule has 32 heteroatoms. The molecule has 94 heavy (non-hydrogen) atoms. The SMILES string of the molecule is CC(C)C[C@@H]([C]=O)NC(=O)[C@H](Cc1c[nH]cn1)NC(=O)CNC(=O)[C@@H](NC(=O)[C@H](C)NC(=O)[C@H](Cc1c[nH]c2ccccc12)NC(=O)[C@H](CCC(N)=O)NC(=O)c1ccccc1CNC(=O)CN1CCN(CC(=O)O)CCN(CC(=O)O)CCN(CC(=O)O)CC1)C(C)C. The highest BCUT2D eigenvalue weighted by atomic mass is 16.4. The zero-order valence-corrected chi connectivity index (χ0v) is 53.4. The summed E-state index contributed by atoms with van der Waals surface area (Å²) in [5, 5.41) is 50.4. The van der Waals surface area contributed by atoms with Crippen molar-refractivity contribution in [3.63, 3.8) is 0 Å². The first-order valence-corrected chi connectivity index (χ1v) is 30.9. The van der Waals surface area contributed by atoms with Gasteiger partial charge in [0, 0.05) is 107 Å². The lowest BCUT2D eigenvalue weighted by atomic mass is 10.0. The molecule has 1 fully saturated rings. The largest absolute Gasteiger partial charge is 0.480 e. The van der Waals surface area contributed by atoms with Gasteiger partial charge in [-0.15, -0.1) is 0 Å². The molecule has 9 amide bonds. The van der Waals surface area contributed by atoms with Gasteiger partial charge in [-0.3, -0.25) is 81.9 Å². The van der Waals surface area contributed by atoms with Crippen LogP contribution in [0.4, 0.5) is 0 Å². The van der Waals surface area contributed by atoms with Gasteiger partial charge in [0.25, 0.3) is 5.91 Å². The minimum atomic E-state index is -1.51. The molecule has 511 valence electrons. The third kappa shape index (κ3) is 25.8. The summed E-state index contributed by atoms with van der Waals surface area (Å²) in [6.07, 6.45) is 5.68. The number of fused-ring (bicyclic) bond motifs is 1. The van der Waals surface area contributed by atoms with Gasteiger partial charge in [-0.2, -0.15) is 0 Å². The predicted molar refractivity (Wildman–Crippen MR) is 339 cm³/mol. The van der Waals surface area contributed by atoms with Crippen LogP contribution in [0.2, 0.25) is 0 Å². The summed E-state index contributed by atoms with van der Waals surface area (Å²) < 4.78 is 0. The molecule has 1 saturated heterocycles. The Morgan fingerprint density at radius 2 is 1.14 bits per heavy atom. The summed E-state index contributed by atoms with van der Waals surface area (Å²) in [5.74, 6) is -10.9. The summed E-state index contributed by atoms with van der Waals surface area (Å²) in [5.41, 5.74) is 7.54. The van der Waals surface area contributed by atoms with Crippen LogP contribution in [0.3, 0.4) is 0 Å². The van der Waals surface area contributed by atoms with Crippen molar-refractivity contribution in [1.82, 2.24) is 77.1 Å². The van der Waals surface area contributed by atoms with E-state index in [1.165, 1.54) is 25.5 Å². The average molecular weight is 1310 g/mol. The van der Waals surface area contributed by atoms with Crippen LogP contribution in [-0.2, 0) is 76.9 Å². The van der Waals surface area contributed by atoms with E-state index in [0.717, 1.165) is 0 Å². The first-order chi connectivity index (χ1) is 44.7. The van der Waals surface area contributed by atoms with E-state index in [4.69, 9.17) is 5.73 Å². The number of para-hydroxylation sites is 1. The molecule has 1 radical (unpaired) electrons. The summed E-state index contributed by atoms with van der Waals surface area (Å²) in [7, 11) is 0. The van der Waals surface area contributed by atoms with Crippen molar-refractivity contribution in [3.8, 4) is 0 Å². The van der Waals surface area contributed by atoms with E-state index < -0.39 is 126 Å². The molecule has 0 unspecified atom stereocenters. The van der Waals surface area contributed by atoms with Gasteiger partial charge < -0.3 is 73.6 Å². The summed E-state index contributed by atoms with van der Waals surface area (Å²) in [4.78, 5) is 187. The number of aliphatic carboxylic acids is 3. The highest BCUT2D eigenvalue weighted by molar-refractivity contribution is 6.00. The molecule has 6 atom stereocenters. The number of benzene rings is 2. The average Bonchev–Trinajstić information content (AvgIpc) is 1.62. The molecule has 1 aliphatic heterocycles. The Morgan fingerprint density at radius 1 is 0.585 bits per heavy atom. The molecule has 2 aromatic heterocycles. The number of nitrogens with two attached hydrogens (primary N) is 1. The van der Waals surface area contributed by atoms with Gasteiger partial charge in [0.15, 0.2) is 0 Å². The van der Waals surface area contributed by atoms with Crippen molar-refractivity contribution in [3.05, 3.63) is 89.6 Å². The number of aromatic nitrogens is 3. The Morgan fingerprint density at radius 3 is 1.69 bits per heavy atom. The molecule has 32 nitrogen and oxygen atoms in total. The number of rotatable bonds is 35. The van der Waals surface area contributed by atoms with Gasteiger partial charge >= 0.3 is 17.9 Å². The molecule has 2 aromatic carbocycles. The Balaban J connectivity index is 1.27. The number of imidazole rings is 1. The van der Waals surface area contributed by atoms with Gasteiger partial charge in [-0.25, -0.2) is 4.98 Å². The number of primary amides is 1. The zero-order chi connectivity index (χ0) is 69.0. The van der Waals surface area contributed by atoms with Crippen LogP contribution in [0.15, 0.2) is 67.3 Å². The minimum absolute atomic E-state index is 0.0154. The summed E-state index contributed by atoms with van der Waals surface area (Å²) >= 11 is 0. The number of hydrogen-bond acceptors (Lipinski definition) is 18. The molecular formula is C62H87N16O16. The van der Waals surface area contributed by atoms with Crippen molar-refractivity contribution in [1.29, 1.82) is 0 Å². The fourth-order valence-electron chi connectivity index (χ4n) is 10.3. The van der Waals surface area contributed by atoms with Crippen LogP contribution in [0, 0.1) is 11.8 Å². The molecular weight excluding hydrogens is 1220 g/mol. The van der Waals surface area contributed by atoms with E-state index in [1.54, 1.807) is 88.4 Å². The highest BCUT2D eigenvalue weighted by Gasteiger charge is 2.33. The number of aromatic amines is 2. The summed E-state index contributed by atoms with van der Waals surface area (Å²) in [6.45, 7) is 7.57. The van der Waals surface area contributed by atoms with E-state index >= 15 is 0 Å². The lowest BCUT2D eigenvalue weighted by molar-refractivity contribution is -0.140. The molecule has 0 spiro atoms. The lowest BCUT2D eigenvalue weighted by Crippen LogP contribution is -2.59. The molecule has 1 aliphatic rings. The maximum absolute atomic E-state index is 14.5. The second-order valence-corrected chi connectivity index (χ2v) is 23.7. The minimum Gasteiger partial charge on any atom is -0.480 e. The monoisotopic (exact) mass is 1310 g/mol. The Kier molecular flexibility index (Phi) is 30.1. The number of carbonyl (C=O) groups excluding carboxylic acids is 10. The number of carbonyl (C=O) groups is 12. The number of H-pyrrole nitrogens is 2. The topological polar surface area (TPSA) is 462 Å². The molecule has 0 bridgehead atoms. The third-order valence-corrected chi connectivity index (χ3v) is 15.4. The number of hydrogen-bond donors (Lipinski definition) is 14. The lowest BCUT2D eigenvalue weighted by Gasteiger charge is -2.32. The van der Waals surface area contributed by atoms with Crippen LogP contribution >= 0.6 is 0 Å². The van der Waals surface area contributed by atoms with Gasteiger partial charge in [0.2, 0.25) is 53.5 Å². The van der Waals surface area contributed by atoms with Gasteiger partial charge in [-0.05, 0) is 54.9 Å². The van der Waals surface area contributed by atoms with Crippen LogP contribution in [-0.4, -0.2) is 249 Å². The van der Waals surface area contributed by atoms with Crippen molar-refractivity contribution in [2.24, 2.45) is 17.6 Å². The molecule has 15 N–H and O–H groups in total. The maximum Gasteiger partial charge on any atom is 0.317 e. The Bertz CT molecular complexity index is 3230. The quantitative estimate of drug-likeness (QED) is 0.0221. The first kappa shape index (κ1) is 75.1. The van der Waals surface area contributed by atoms with E-state index in [2.05, 4.69) is 57.5 Å². The van der Waals surface area contributed by atoms with Gasteiger partial charge in [-0.1, -0.05) is 64.1 Å². The molecule has 0 aliphatic carbocycles. The molecule has 0 saturated carbocycles. The highest BCUT2D eigenvalue weighted by Crippen LogP contribution is 2.20. The standard InChI is InChI=1S/C62H87N16O16/c1-37(2)24-43(35-79)70-61(93)49(26-42-29-64-36-68-42)71-51(81)30-67-62(94)56(38(3)4)74-57(89)39(5)69-60(92)48(25-41-28-65-46-13-9-8-11-44(41)46)73-59(91)47(14-15-50(63)80)72-58(90)45-12-7-6-10-40(45)27-66-52(82)31-75-16-18-76(32-53(83)84)20-22-78(34-55(87)88)23-21-77(19-17-75)33-54(85)86/h6-13,28-29,36-39,43,47-49,56,65H,14-27,30-34H2,1-5H3,(H2,63,80)(H,64,68)(H,66,82)(H,67,94)(H,69,92)(H,70,93)(H,71,81)(H,72,90)(H,73,91)(H,74,89)(H,83,84)(H,85,86)(H,87,88)/t39-,43-,47-,48-,49-,56-/m0/s1. The Labute approximate surface area is 543 Å². The fraction of sp³-hybridized carbons (Fsp3) is 0.516. The number of carboxylic acid groups (broad SMARTS) is 3. The fourth-order valence-corrected chi connectivity index (χ4v) is 10.3. The number of amides is 9. The first-order valence-electron chi connectivity index (χ1n) is 30.9. The van der Waals surface area contributed by atoms with Gasteiger partial charge in [0.1, 0.15) is 30.2 Å². The third-order valence-electron chi connectivity index (χ3n) is 15.4.